The van der Waals surface area contributed by atoms with Crippen molar-refractivity contribution in [1.82, 2.24) is 4.57 Å². The molecule has 0 saturated heterocycles. The zero-order chi connectivity index (χ0) is 11.0. The van der Waals surface area contributed by atoms with Crippen LogP contribution < -0.4 is 5.43 Å². The zero-order valence-electron chi connectivity index (χ0n) is 8.13. The molecule has 1 heterocycles. The fraction of sp³-hybridized carbons (Fsp3) is 0.182. The largest absolute Gasteiger partial charge is 0.347 e. The molecule has 15 heavy (non-hydrogen) atoms. The number of aromatic nitrogens is 1. The van der Waals surface area contributed by atoms with E-state index >= 15 is 0 Å². The number of halogens is 2. The van der Waals surface area contributed by atoms with Crippen LogP contribution in [0.25, 0.3) is 10.9 Å². The summed E-state index contributed by atoms with van der Waals surface area (Å²) in [5, 5.41) is 0.400. The molecule has 4 heteroatoms. The molecular formula is C11H9ClFNO. The van der Waals surface area contributed by atoms with Crippen LogP contribution in [0, 0.1) is 5.82 Å². The Hall–Kier alpha value is -1.35. The number of pyridine rings is 1. The standard InChI is InChI=1S/C11H9ClFNO/c1-2-14-4-3-11(15)7-5-9(13)8(12)6-10(7)14/h3-6H,2H2,1H3. The zero-order valence-corrected chi connectivity index (χ0v) is 8.88. The first-order valence-electron chi connectivity index (χ1n) is 4.61. The average Bonchev–Trinajstić information content (AvgIpc) is 2.22. The lowest BCUT2D eigenvalue weighted by Crippen LogP contribution is -2.07. The minimum Gasteiger partial charge on any atom is -0.347 e. The Bertz CT molecular complexity index is 577. The molecule has 0 fully saturated rings. The highest BCUT2D eigenvalue weighted by Crippen LogP contribution is 2.20. The molecule has 0 spiro atoms. The first kappa shape index (κ1) is 10.2. The Labute approximate surface area is 90.9 Å². The second-order valence-corrected chi connectivity index (χ2v) is 3.66. The molecule has 2 aromatic rings. The van der Waals surface area contributed by atoms with E-state index in [9.17, 15) is 9.18 Å². The summed E-state index contributed by atoms with van der Waals surface area (Å²) in [5.74, 6) is -0.560. The van der Waals surface area contributed by atoms with Crippen molar-refractivity contribution >= 4 is 22.5 Å². The number of benzene rings is 1. The molecule has 0 atom stereocenters. The fourth-order valence-corrected chi connectivity index (χ4v) is 1.73. The second-order valence-electron chi connectivity index (χ2n) is 3.25. The Morgan fingerprint density at radius 2 is 2.20 bits per heavy atom. The van der Waals surface area contributed by atoms with Gasteiger partial charge >= 0.3 is 0 Å². The lowest BCUT2D eigenvalue weighted by atomic mass is 10.2. The van der Waals surface area contributed by atoms with Gasteiger partial charge in [-0.1, -0.05) is 11.6 Å². The third kappa shape index (κ3) is 1.63. The Morgan fingerprint density at radius 1 is 1.47 bits per heavy atom. The summed E-state index contributed by atoms with van der Waals surface area (Å²) >= 11 is 5.68. The van der Waals surface area contributed by atoms with E-state index in [0.29, 0.717) is 17.4 Å². The predicted molar refractivity (Wildman–Crippen MR) is 58.9 cm³/mol. The number of hydrogen-bond acceptors (Lipinski definition) is 1. The Kier molecular flexibility index (Phi) is 2.49. The summed E-state index contributed by atoms with van der Waals surface area (Å²) in [6, 6.07) is 4.10. The lowest BCUT2D eigenvalue weighted by molar-refractivity contribution is 0.629. The molecule has 0 unspecified atom stereocenters. The molecule has 0 saturated carbocycles. The van der Waals surface area contributed by atoms with Gasteiger partial charge in [-0.05, 0) is 19.1 Å². The van der Waals surface area contributed by atoms with E-state index in [1.165, 1.54) is 18.2 Å². The molecule has 1 aromatic heterocycles. The molecular weight excluding hydrogens is 217 g/mol. The van der Waals surface area contributed by atoms with Gasteiger partial charge in [-0.2, -0.15) is 0 Å². The monoisotopic (exact) mass is 225 g/mol. The van der Waals surface area contributed by atoms with Gasteiger partial charge in [0.1, 0.15) is 5.82 Å². The summed E-state index contributed by atoms with van der Waals surface area (Å²) in [6.45, 7) is 2.65. The van der Waals surface area contributed by atoms with Crippen molar-refractivity contribution in [1.29, 1.82) is 0 Å². The van der Waals surface area contributed by atoms with Crippen molar-refractivity contribution in [2.24, 2.45) is 0 Å². The number of hydrogen-bond donors (Lipinski definition) is 0. The average molecular weight is 226 g/mol. The molecule has 0 radical (unpaired) electrons. The number of aryl methyl sites for hydroxylation is 1. The number of fused-ring (bicyclic) bond motifs is 1. The third-order valence-corrected chi connectivity index (χ3v) is 2.65. The van der Waals surface area contributed by atoms with Crippen LogP contribution in [0.3, 0.4) is 0 Å². The molecule has 78 valence electrons. The van der Waals surface area contributed by atoms with Crippen LogP contribution in [-0.2, 0) is 6.54 Å². The highest BCUT2D eigenvalue weighted by molar-refractivity contribution is 6.31. The van der Waals surface area contributed by atoms with E-state index in [-0.39, 0.29) is 10.5 Å². The normalized spacial score (nSPS) is 10.9. The molecule has 0 aliphatic heterocycles. The summed E-state index contributed by atoms with van der Waals surface area (Å²) in [7, 11) is 0. The maximum absolute atomic E-state index is 13.2. The van der Waals surface area contributed by atoms with E-state index in [2.05, 4.69) is 0 Å². The summed E-state index contributed by atoms with van der Waals surface area (Å²) in [5.41, 5.74) is 0.474. The van der Waals surface area contributed by atoms with Gasteiger partial charge in [0, 0.05) is 24.2 Å². The van der Waals surface area contributed by atoms with E-state index in [1.54, 1.807) is 6.20 Å². The summed E-state index contributed by atoms with van der Waals surface area (Å²) < 4.78 is 15.0. The number of nitrogens with zero attached hydrogens (tertiary/aromatic N) is 1. The Balaban J connectivity index is 2.95. The maximum Gasteiger partial charge on any atom is 0.189 e. The van der Waals surface area contributed by atoms with Crippen LogP contribution in [0.2, 0.25) is 5.02 Å². The maximum atomic E-state index is 13.2. The molecule has 1 aromatic carbocycles. The van der Waals surface area contributed by atoms with Gasteiger partial charge in [-0.25, -0.2) is 4.39 Å². The fourth-order valence-electron chi connectivity index (χ4n) is 1.57. The van der Waals surface area contributed by atoms with Gasteiger partial charge in [0.15, 0.2) is 5.43 Å². The minimum atomic E-state index is -0.560. The second kappa shape index (κ2) is 3.66. The van der Waals surface area contributed by atoms with Gasteiger partial charge in [0.05, 0.1) is 10.5 Å². The van der Waals surface area contributed by atoms with Gasteiger partial charge in [-0.3, -0.25) is 4.79 Å². The van der Waals surface area contributed by atoms with Crippen LogP contribution >= 0.6 is 11.6 Å². The first-order valence-corrected chi connectivity index (χ1v) is 4.99. The van der Waals surface area contributed by atoms with Gasteiger partial charge in [0.2, 0.25) is 0 Å². The smallest absolute Gasteiger partial charge is 0.189 e. The molecule has 0 bridgehead atoms. The van der Waals surface area contributed by atoms with Crippen molar-refractivity contribution in [3.63, 3.8) is 0 Å². The molecule has 2 nitrogen and oxygen atoms in total. The van der Waals surface area contributed by atoms with E-state index in [0.717, 1.165) is 0 Å². The van der Waals surface area contributed by atoms with Crippen LogP contribution in [0.4, 0.5) is 4.39 Å². The third-order valence-electron chi connectivity index (χ3n) is 2.36. The Morgan fingerprint density at radius 3 is 2.87 bits per heavy atom. The molecule has 2 rings (SSSR count). The quantitative estimate of drug-likeness (QED) is 0.732. The van der Waals surface area contributed by atoms with Gasteiger partial charge in [0.25, 0.3) is 0 Å². The number of rotatable bonds is 1. The van der Waals surface area contributed by atoms with Crippen LogP contribution in [0.5, 0.6) is 0 Å². The molecule has 0 aliphatic carbocycles. The van der Waals surface area contributed by atoms with Crippen LogP contribution in [-0.4, -0.2) is 4.57 Å². The van der Waals surface area contributed by atoms with E-state index < -0.39 is 5.82 Å². The summed E-state index contributed by atoms with van der Waals surface area (Å²) in [4.78, 5) is 11.5. The summed E-state index contributed by atoms with van der Waals surface area (Å²) in [6.07, 6.45) is 1.68. The topological polar surface area (TPSA) is 22.0 Å². The van der Waals surface area contributed by atoms with Crippen molar-refractivity contribution < 1.29 is 4.39 Å². The molecule has 0 amide bonds. The van der Waals surface area contributed by atoms with E-state index in [4.69, 9.17) is 11.6 Å². The lowest BCUT2D eigenvalue weighted by Gasteiger charge is -2.08. The SMILES string of the molecule is CCn1ccc(=O)c2cc(F)c(Cl)cc21. The highest BCUT2D eigenvalue weighted by atomic mass is 35.5. The molecule has 0 N–H and O–H groups in total. The highest BCUT2D eigenvalue weighted by Gasteiger charge is 2.07. The van der Waals surface area contributed by atoms with Crippen molar-refractivity contribution in [3.05, 3.63) is 45.5 Å². The molecule has 0 aliphatic rings. The van der Waals surface area contributed by atoms with Crippen molar-refractivity contribution in [2.45, 2.75) is 13.5 Å². The van der Waals surface area contributed by atoms with E-state index in [1.807, 2.05) is 11.5 Å². The van der Waals surface area contributed by atoms with Crippen molar-refractivity contribution in [2.75, 3.05) is 0 Å². The van der Waals surface area contributed by atoms with Crippen LogP contribution in [0.15, 0.2) is 29.2 Å². The van der Waals surface area contributed by atoms with Crippen molar-refractivity contribution in [3.8, 4) is 0 Å². The van der Waals surface area contributed by atoms with Crippen LogP contribution in [0.1, 0.15) is 6.92 Å². The first-order chi connectivity index (χ1) is 7.13. The minimum absolute atomic E-state index is 0.0373. The predicted octanol–water partition coefficient (Wildman–Crippen LogP) is 2.81. The van der Waals surface area contributed by atoms with Gasteiger partial charge in [-0.15, -0.1) is 0 Å². The van der Waals surface area contributed by atoms with Gasteiger partial charge < -0.3 is 4.57 Å².